The van der Waals surface area contributed by atoms with Gasteiger partial charge in [-0.2, -0.15) is 0 Å². The summed E-state index contributed by atoms with van der Waals surface area (Å²) in [7, 11) is 0. The SMILES string of the molecule is Nc1cc(Cl)c(Cl)c(-c2ccccc2)c1. The first-order chi connectivity index (χ1) is 7.18. The molecule has 0 atom stereocenters. The van der Waals surface area contributed by atoms with Crippen LogP contribution in [0, 0.1) is 0 Å². The van der Waals surface area contributed by atoms with E-state index in [1.807, 2.05) is 36.4 Å². The molecule has 0 fully saturated rings. The number of benzene rings is 2. The second kappa shape index (κ2) is 4.13. The number of nitrogen functional groups attached to an aromatic ring is 1. The lowest BCUT2D eigenvalue weighted by molar-refractivity contribution is 1.61. The van der Waals surface area contributed by atoms with Crippen molar-refractivity contribution in [3.05, 3.63) is 52.5 Å². The molecule has 76 valence electrons. The van der Waals surface area contributed by atoms with E-state index in [1.165, 1.54) is 0 Å². The molecule has 0 aliphatic heterocycles. The molecule has 0 aliphatic carbocycles. The molecule has 0 saturated heterocycles. The molecule has 2 rings (SSSR count). The average Bonchev–Trinajstić information content (AvgIpc) is 2.24. The Morgan fingerprint density at radius 3 is 2.27 bits per heavy atom. The Hall–Kier alpha value is -1.18. The van der Waals surface area contributed by atoms with Crippen molar-refractivity contribution < 1.29 is 0 Å². The van der Waals surface area contributed by atoms with E-state index in [4.69, 9.17) is 28.9 Å². The maximum Gasteiger partial charge on any atom is 0.0672 e. The minimum absolute atomic E-state index is 0.482. The van der Waals surface area contributed by atoms with Gasteiger partial charge in [0, 0.05) is 11.3 Å². The predicted octanol–water partition coefficient (Wildman–Crippen LogP) is 4.24. The summed E-state index contributed by atoms with van der Waals surface area (Å²) in [5.41, 5.74) is 8.21. The Morgan fingerprint density at radius 1 is 0.933 bits per heavy atom. The molecule has 0 saturated carbocycles. The lowest BCUT2D eigenvalue weighted by Crippen LogP contribution is -1.87. The van der Waals surface area contributed by atoms with Gasteiger partial charge in [0.15, 0.2) is 0 Å². The van der Waals surface area contributed by atoms with Crippen LogP contribution in [0.3, 0.4) is 0 Å². The third-order valence-corrected chi connectivity index (χ3v) is 2.94. The zero-order valence-electron chi connectivity index (χ0n) is 7.87. The standard InChI is InChI=1S/C12H9Cl2N/c13-11-7-9(15)6-10(12(11)14)8-4-2-1-3-5-8/h1-7H,15H2. The van der Waals surface area contributed by atoms with Crippen molar-refractivity contribution in [2.45, 2.75) is 0 Å². The van der Waals surface area contributed by atoms with Crippen LogP contribution in [0.5, 0.6) is 0 Å². The van der Waals surface area contributed by atoms with Gasteiger partial charge in [-0.25, -0.2) is 0 Å². The first-order valence-electron chi connectivity index (χ1n) is 4.48. The zero-order chi connectivity index (χ0) is 10.8. The molecule has 0 unspecified atom stereocenters. The minimum Gasteiger partial charge on any atom is -0.399 e. The fourth-order valence-electron chi connectivity index (χ4n) is 1.44. The predicted molar refractivity (Wildman–Crippen MR) is 66.3 cm³/mol. The van der Waals surface area contributed by atoms with Crippen LogP contribution in [-0.2, 0) is 0 Å². The Morgan fingerprint density at radius 2 is 1.60 bits per heavy atom. The van der Waals surface area contributed by atoms with Gasteiger partial charge in [-0.3, -0.25) is 0 Å². The first-order valence-corrected chi connectivity index (χ1v) is 5.24. The van der Waals surface area contributed by atoms with E-state index in [9.17, 15) is 0 Å². The van der Waals surface area contributed by atoms with Gasteiger partial charge in [-0.1, -0.05) is 53.5 Å². The summed E-state index contributed by atoms with van der Waals surface area (Å²) in [6.07, 6.45) is 0. The van der Waals surface area contributed by atoms with Crippen LogP contribution >= 0.6 is 23.2 Å². The zero-order valence-corrected chi connectivity index (χ0v) is 9.39. The number of anilines is 1. The summed E-state index contributed by atoms with van der Waals surface area (Å²) in [6.45, 7) is 0. The second-order valence-corrected chi connectivity index (χ2v) is 4.02. The Kier molecular flexibility index (Phi) is 2.85. The molecule has 0 heterocycles. The molecule has 0 aliphatic rings. The van der Waals surface area contributed by atoms with Crippen molar-refractivity contribution in [2.75, 3.05) is 5.73 Å². The van der Waals surface area contributed by atoms with Gasteiger partial charge in [0.05, 0.1) is 10.0 Å². The number of halogens is 2. The highest BCUT2D eigenvalue weighted by atomic mass is 35.5. The highest BCUT2D eigenvalue weighted by molar-refractivity contribution is 6.44. The van der Waals surface area contributed by atoms with E-state index in [0.717, 1.165) is 11.1 Å². The number of hydrogen-bond acceptors (Lipinski definition) is 1. The highest BCUT2D eigenvalue weighted by Gasteiger charge is 2.07. The van der Waals surface area contributed by atoms with Gasteiger partial charge in [0.1, 0.15) is 0 Å². The smallest absolute Gasteiger partial charge is 0.0672 e. The molecule has 0 bridgehead atoms. The Bertz CT molecular complexity index is 480. The third-order valence-electron chi connectivity index (χ3n) is 2.14. The fraction of sp³-hybridized carbons (Fsp3) is 0. The second-order valence-electron chi connectivity index (χ2n) is 3.23. The fourth-order valence-corrected chi connectivity index (χ4v) is 1.88. The summed E-state index contributed by atoms with van der Waals surface area (Å²) in [6, 6.07) is 13.3. The first kappa shape index (κ1) is 10.3. The van der Waals surface area contributed by atoms with Crippen LogP contribution in [0.25, 0.3) is 11.1 Å². The van der Waals surface area contributed by atoms with Crippen molar-refractivity contribution in [3.8, 4) is 11.1 Å². The average molecular weight is 238 g/mol. The number of nitrogens with two attached hydrogens (primary N) is 1. The maximum absolute atomic E-state index is 6.11. The largest absolute Gasteiger partial charge is 0.399 e. The Labute approximate surface area is 98.4 Å². The van der Waals surface area contributed by atoms with Crippen molar-refractivity contribution in [1.82, 2.24) is 0 Å². The van der Waals surface area contributed by atoms with E-state index in [0.29, 0.717) is 15.7 Å². The molecule has 0 aromatic heterocycles. The normalized spacial score (nSPS) is 10.3. The van der Waals surface area contributed by atoms with Gasteiger partial charge in [-0.15, -0.1) is 0 Å². The molecule has 2 aromatic carbocycles. The van der Waals surface area contributed by atoms with E-state index >= 15 is 0 Å². The van der Waals surface area contributed by atoms with Gasteiger partial charge in [0.25, 0.3) is 0 Å². The van der Waals surface area contributed by atoms with Crippen LogP contribution in [0.2, 0.25) is 10.0 Å². The molecule has 15 heavy (non-hydrogen) atoms. The van der Waals surface area contributed by atoms with Gasteiger partial charge in [0.2, 0.25) is 0 Å². The third kappa shape index (κ3) is 2.09. The molecule has 2 N–H and O–H groups in total. The molecule has 0 amide bonds. The summed E-state index contributed by atoms with van der Waals surface area (Å²) in [5, 5.41) is 1.02. The van der Waals surface area contributed by atoms with E-state index in [2.05, 4.69) is 0 Å². The van der Waals surface area contributed by atoms with Crippen LogP contribution in [0.1, 0.15) is 0 Å². The van der Waals surface area contributed by atoms with Crippen molar-refractivity contribution in [3.63, 3.8) is 0 Å². The summed E-state index contributed by atoms with van der Waals surface area (Å²) in [5.74, 6) is 0. The molecular formula is C12H9Cl2N. The molecule has 0 spiro atoms. The molecular weight excluding hydrogens is 229 g/mol. The summed E-state index contributed by atoms with van der Waals surface area (Å²) >= 11 is 12.1. The molecule has 1 nitrogen and oxygen atoms in total. The van der Waals surface area contributed by atoms with Crippen LogP contribution in [-0.4, -0.2) is 0 Å². The van der Waals surface area contributed by atoms with Gasteiger partial charge < -0.3 is 5.73 Å². The molecule has 2 aromatic rings. The monoisotopic (exact) mass is 237 g/mol. The number of hydrogen-bond donors (Lipinski definition) is 1. The number of rotatable bonds is 1. The van der Waals surface area contributed by atoms with Crippen LogP contribution in [0.4, 0.5) is 5.69 Å². The molecule has 0 radical (unpaired) electrons. The topological polar surface area (TPSA) is 26.0 Å². The summed E-state index contributed by atoms with van der Waals surface area (Å²) in [4.78, 5) is 0. The van der Waals surface area contributed by atoms with Crippen molar-refractivity contribution >= 4 is 28.9 Å². The van der Waals surface area contributed by atoms with E-state index in [1.54, 1.807) is 6.07 Å². The van der Waals surface area contributed by atoms with Crippen molar-refractivity contribution in [2.24, 2.45) is 0 Å². The molecule has 3 heteroatoms. The van der Waals surface area contributed by atoms with Gasteiger partial charge in [-0.05, 0) is 17.7 Å². The Balaban J connectivity index is 2.63. The lowest BCUT2D eigenvalue weighted by Gasteiger charge is -2.07. The quantitative estimate of drug-likeness (QED) is 0.738. The highest BCUT2D eigenvalue weighted by Crippen LogP contribution is 2.35. The minimum atomic E-state index is 0.482. The van der Waals surface area contributed by atoms with Crippen molar-refractivity contribution in [1.29, 1.82) is 0 Å². The lowest BCUT2D eigenvalue weighted by atomic mass is 10.1. The van der Waals surface area contributed by atoms with Gasteiger partial charge >= 0.3 is 0 Å². The summed E-state index contributed by atoms with van der Waals surface area (Å²) < 4.78 is 0. The maximum atomic E-state index is 6.11. The van der Waals surface area contributed by atoms with E-state index in [-0.39, 0.29) is 0 Å². The van der Waals surface area contributed by atoms with E-state index < -0.39 is 0 Å². The van der Waals surface area contributed by atoms with Crippen LogP contribution < -0.4 is 5.73 Å². The van der Waals surface area contributed by atoms with Crippen LogP contribution in [0.15, 0.2) is 42.5 Å².